The number of morpholine rings is 1. The highest BCUT2D eigenvalue weighted by Crippen LogP contribution is 2.36. The minimum Gasteiger partial charge on any atom is -0.379 e. The lowest BCUT2D eigenvalue weighted by Crippen LogP contribution is -2.38. The van der Waals surface area contributed by atoms with Crippen LogP contribution in [-0.2, 0) is 4.74 Å². The molecule has 8 heteroatoms. The van der Waals surface area contributed by atoms with Crippen molar-refractivity contribution in [3.05, 3.63) is 16.8 Å². The third kappa shape index (κ3) is 4.70. The van der Waals surface area contributed by atoms with Crippen molar-refractivity contribution in [3.63, 3.8) is 0 Å². The predicted molar refractivity (Wildman–Crippen MR) is 117 cm³/mol. The molecule has 4 heterocycles. The van der Waals surface area contributed by atoms with E-state index >= 15 is 0 Å². The van der Waals surface area contributed by atoms with Crippen molar-refractivity contribution in [1.82, 2.24) is 20.2 Å². The smallest absolute Gasteiger partial charge is 0.261 e. The molecule has 0 radical (unpaired) electrons. The molecule has 2 aliphatic heterocycles. The van der Waals surface area contributed by atoms with Crippen LogP contribution >= 0.6 is 11.3 Å². The van der Waals surface area contributed by atoms with Crippen LogP contribution in [0.5, 0.6) is 0 Å². The van der Waals surface area contributed by atoms with Gasteiger partial charge >= 0.3 is 0 Å². The zero-order valence-corrected chi connectivity index (χ0v) is 18.3. The normalized spacial score (nSPS) is 19.0. The number of nitrogens with one attached hydrogen (secondary N) is 1. The lowest BCUT2D eigenvalue weighted by molar-refractivity contribution is 0.0374. The molecule has 0 spiro atoms. The number of nitrogens with zero attached hydrogens (tertiary/aromatic N) is 4. The molecule has 0 aliphatic carbocycles. The van der Waals surface area contributed by atoms with Gasteiger partial charge < -0.3 is 15.0 Å². The van der Waals surface area contributed by atoms with E-state index in [4.69, 9.17) is 4.74 Å². The number of hydrogen-bond acceptors (Lipinski definition) is 7. The quantitative estimate of drug-likeness (QED) is 0.729. The fourth-order valence-corrected chi connectivity index (χ4v) is 5.20. The second-order valence-corrected chi connectivity index (χ2v) is 9.17. The third-order valence-electron chi connectivity index (χ3n) is 6.04. The Morgan fingerprint density at radius 3 is 2.76 bits per heavy atom. The van der Waals surface area contributed by atoms with Gasteiger partial charge in [-0.1, -0.05) is 6.92 Å². The average Bonchev–Trinajstić information content (AvgIpc) is 3.09. The summed E-state index contributed by atoms with van der Waals surface area (Å²) in [7, 11) is 0. The number of thiophene rings is 1. The minimum absolute atomic E-state index is 0.00527. The molecule has 2 aliphatic rings. The van der Waals surface area contributed by atoms with Gasteiger partial charge in [0.2, 0.25) is 0 Å². The molecule has 1 N–H and O–H groups in total. The third-order valence-corrected chi connectivity index (χ3v) is 7.24. The SMILES string of the molecule is Cc1c(C(=O)NCCCN2CCOCC2)sc2ncnc(N3CCC(C)CC3)c12. The van der Waals surface area contributed by atoms with Gasteiger partial charge in [-0.3, -0.25) is 9.69 Å². The molecule has 2 fully saturated rings. The lowest BCUT2D eigenvalue weighted by Gasteiger charge is -2.31. The van der Waals surface area contributed by atoms with E-state index in [9.17, 15) is 4.79 Å². The highest BCUT2D eigenvalue weighted by molar-refractivity contribution is 7.20. The first-order valence-electron chi connectivity index (χ1n) is 10.7. The van der Waals surface area contributed by atoms with Crippen LogP contribution in [0.15, 0.2) is 6.33 Å². The van der Waals surface area contributed by atoms with Crippen LogP contribution in [0.2, 0.25) is 0 Å². The zero-order chi connectivity index (χ0) is 20.2. The van der Waals surface area contributed by atoms with Gasteiger partial charge in [-0.15, -0.1) is 11.3 Å². The molecule has 29 heavy (non-hydrogen) atoms. The van der Waals surface area contributed by atoms with Crippen LogP contribution in [0.4, 0.5) is 5.82 Å². The summed E-state index contributed by atoms with van der Waals surface area (Å²) in [5, 5.41) is 4.14. The molecule has 0 atom stereocenters. The van der Waals surface area contributed by atoms with Gasteiger partial charge in [0.1, 0.15) is 17.0 Å². The Bertz CT molecular complexity index is 841. The Labute approximate surface area is 176 Å². The summed E-state index contributed by atoms with van der Waals surface area (Å²) in [4.78, 5) is 28.3. The summed E-state index contributed by atoms with van der Waals surface area (Å²) in [5.41, 5.74) is 1.00. The molecule has 4 rings (SSSR count). The van der Waals surface area contributed by atoms with Crippen LogP contribution in [-0.4, -0.2) is 73.3 Å². The Morgan fingerprint density at radius 2 is 2.00 bits per heavy atom. The Kier molecular flexibility index (Phi) is 6.62. The first-order valence-corrected chi connectivity index (χ1v) is 11.5. The molecular weight excluding hydrogens is 386 g/mol. The monoisotopic (exact) mass is 417 g/mol. The van der Waals surface area contributed by atoms with Crippen molar-refractivity contribution in [2.45, 2.75) is 33.1 Å². The van der Waals surface area contributed by atoms with Gasteiger partial charge in [0.25, 0.3) is 5.91 Å². The number of hydrogen-bond donors (Lipinski definition) is 1. The molecule has 2 aromatic rings. The van der Waals surface area contributed by atoms with Gasteiger partial charge in [0.15, 0.2) is 0 Å². The molecule has 0 unspecified atom stereocenters. The Morgan fingerprint density at radius 1 is 1.24 bits per heavy atom. The van der Waals surface area contributed by atoms with E-state index < -0.39 is 0 Å². The number of fused-ring (bicyclic) bond motifs is 1. The standard InChI is InChI=1S/C21H31N5O2S/c1-15-4-8-26(9-5-15)19-17-16(2)18(29-21(17)24-14-23-19)20(27)22-6-3-7-25-10-12-28-13-11-25/h14-15H,3-13H2,1-2H3,(H,22,27). The van der Waals surface area contributed by atoms with Crippen LogP contribution in [0.1, 0.15) is 41.4 Å². The fourth-order valence-electron chi connectivity index (χ4n) is 4.14. The molecule has 1 amide bonds. The molecule has 2 aromatic heterocycles. The topological polar surface area (TPSA) is 70.6 Å². The number of amides is 1. The number of carbonyl (C=O) groups excluding carboxylic acids is 1. The summed E-state index contributed by atoms with van der Waals surface area (Å²) >= 11 is 1.48. The second-order valence-electron chi connectivity index (χ2n) is 8.17. The van der Waals surface area contributed by atoms with Crippen LogP contribution < -0.4 is 10.2 Å². The van der Waals surface area contributed by atoms with E-state index in [1.807, 2.05) is 6.92 Å². The molecule has 0 aromatic carbocycles. The fraction of sp³-hybridized carbons (Fsp3) is 0.667. The predicted octanol–water partition coefficient (Wildman–Crippen LogP) is 2.69. The van der Waals surface area contributed by atoms with Crippen molar-refractivity contribution in [3.8, 4) is 0 Å². The maximum Gasteiger partial charge on any atom is 0.261 e. The molecule has 2 saturated heterocycles. The highest BCUT2D eigenvalue weighted by atomic mass is 32.1. The number of aromatic nitrogens is 2. The lowest BCUT2D eigenvalue weighted by atomic mass is 9.99. The number of piperidine rings is 1. The molecule has 0 bridgehead atoms. The maximum atomic E-state index is 12.8. The van der Waals surface area contributed by atoms with Crippen LogP contribution in [0.25, 0.3) is 10.2 Å². The molecule has 0 saturated carbocycles. The van der Waals surface area contributed by atoms with Crippen molar-refractivity contribution >= 4 is 33.3 Å². The van der Waals surface area contributed by atoms with E-state index in [-0.39, 0.29) is 5.91 Å². The maximum absolute atomic E-state index is 12.8. The largest absolute Gasteiger partial charge is 0.379 e. The number of anilines is 1. The summed E-state index contributed by atoms with van der Waals surface area (Å²) in [6.45, 7) is 11.7. The van der Waals surface area contributed by atoms with Crippen LogP contribution in [0, 0.1) is 12.8 Å². The van der Waals surface area contributed by atoms with E-state index in [1.54, 1.807) is 6.33 Å². The summed E-state index contributed by atoms with van der Waals surface area (Å²) < 4.78 is 5.38. The Hall–Kier alpha value is -1.77. The van der Waals surface area contributed by atoms with E-state index in [0.29, 0.717) is 6.54 Å². The van der Waals surface area contributed by atoms with Crippen LogP contribution in [0.3, 0.4) is 0 Å². The molecular formula is C21H31N5O2S. The summed E-state index contributed by atoms with van der Waals surface area (Å²) in [5.74, 6) is 1.76. The molecule has 158 valence electrons. The van der Waals surface area contributed by atoms with E-state index in [2.05, 4.69) is 32.0 Å². The zero-order valence-electron chi connectivity index (χ0n) is 17.4. The van der Waals surface area contributed by atoms with Gasteiger partial charge in [-0.2, -0.15) is 0 Å². The van der Waals surface area contributed by atoms with Gasteiger partial charge in [-0.25, -0.2) is 9.97 Å². The van der Waals surface area contributed by atoms with Crippen molar-refractivity contribution < 1.29 is 9.53 Å². The van der Waals surface area contributed by atoms with Crippen molar-refractivity contribution in [1.29, 1.82) is 0 Å². The number of carbonyl (C=O) groups is 1. The number of ether oxygens (including phenoxy) is 1. The van der Waals surface area contributed by atoms with E-state index in [1.165, 1.54) is 24.2 Å². The highest BCUT2D eigenvalue weighted by Gasteiger charge is 2.24. The van der Waals surface area contributed by atoms with Crippen molar-refractivity contribution in [2.24, 2.45) is 5.92 Å². The summed E-state index contributed by atoms with van der Waals surface area (Å²) in [6.07, 6.45) is 4.96. The Balaban J connectivity index is 1.41. The van der Waals surface area contributed by atoms with Crippen molar-refractivity contribution in [2.75, 3.05) is 57.4 Å². The second kappa shape index (κ2) is 9.36. The minimum atomic E-state index is 0.00527. The first-order chi connectivity index (χ1) is 14.1. The average molecular weight is 418 g/mol. The summed E-state index contributed by atoms with van der Waals surface area (Å²) in [6, 6.07) is 0. The number of rotatable bonds is 6. The van der Waals surface area contributed by atoms with Gasteiger partial charge in [0.05, 0.1) is 23.5 Å². The first kappa shape index (κ1) is 20.5. The van der Waals surface area contributed by atoms with Gasteiger partial charge in [-0.05, 0) is 44.2 Å². The number of aryl methyl sites for hydroxylation is 1. The molecule has 7 nitrogen and oxygen atoms in total. The van der Waals surface area contributed by atoms with E-state index in [0.717, 1.165) is 84.8 Å². The van der Waals surface area contributed by atoms with Gasteiger partial charge in [0, 0.05) is 32.7 Å².